The lowest BCUT2D eigenvalue weighted by atomic mass is 9.86. The molecule has 3 N–H and O–H groups in total. The molecule has 19 heavy (non-hydrogen) atoms. The fourth-order valence-corrected chi connectivity index (χ4v) is 3.68. The van der Waals surface area contributed by atoms with Crippen LogP contribution in [0.3, 0.4) is 0 Å². The first-order valence-electron chi connectivity index (χ1n) is 7.71. The zero-order chi connectivity index (χ0) is 14.1. The molecule has 2 rings (SSSR count). The van der Waals surface area contributed by atoms with Gasteiger partial charge in [0.2, 0.25) is 0 Å². The Morgan fingerprint density at radius 1 is 1.32 bits per heavy atom. The monoisotopic (exact) mass is 269 g/mol. The van der Waals surface area contributed by atoms with E-state index in [0.29, 0.717) is 5.92 Å². The van der Waals surface area contributed by atoms with Gasteiger partial charge in [-0.15, -0.1) is 0 Å². The number of aliphatic hydroxyl groups excluding tert-OH is 1. The van der Waals surface area contributed by atoms with Crippen molar-refractivity contribution in [3.8, 4) is 0 Å². The minimum absolute atomic E-state index is 0.145. The highest BCUT2D eigenvalue weighted by Crippen LogP contribution is 2.36. The molecule has 1 saturated heterocycles. The van der Waals surface area contributed by atoms with Crippen molar-refractivity contribution in [2.45, 2.75) is 50.6 Å². The SMILES string of the molecule is CN1CCN(CCC2CCCC2(N)CO)CC1(C)C. The smallest absolute Gasteiger partial charge is 0.0613 e. The molecule has 0 amide bonds. The zero-order valence-electron chi connectivity index (χ0n) is 12.9. The largest absolute Gasteiger partial charge is 0.394 e. The molecule has 2 unspecified atom stereocenters. The minimum atomic E-state index is -0.303. The highest BCUT2D eigenvalue weighted by Gasteiger charge is 2.39. The topological polar surface area (TPSA) is 52.7 Å². The Balaban J connectivity index is 1.83. The summed E-state index contributed by atoms with van der Waals surface area (Å²) < 4.78 is 0. The third-order valence-corrected chi connectivity index (χ3v) is 5.49. The Hall–Kier alpha value is -0.160. The van der Waals surface area contributed by atoms with E-state index in [0.717, 1.165) is 39.0 Å². The molecular formula is C15H31N3O. The van der Waals surface area contributed by atoms with Crippen molar-refractivity contribution in [3.05, 3.63) is 0 Å². The molecule has 0 aromatic heterocycles. The predicted octanol–water partition coefficient (Wildman–Crippen LogP) is 0.892. The maximum absolute atomic E-state index is 9.51. The van der Waals surface area contributed by atoms with Gasteiger partial charge in [-0.25, -0.2) is 0 Å². The van der Waals surface area contributed by atoms with E-state index >= 15 is 0 Å². The second-order valence-electron chi connectivity index (χ2n) is 7.28. The lowest BCUT2D eigenvalue weighted by molar-refractivity contribution is 0.0344. The molecule has 1 aliphatic carbocycles. The second-order valence-corrected chi connectivity index (χ2v) is 7.28. The Bertz CT molecular complexity index is 308. The third kappa shape index (κ3) is 3.30. The van der Waals surface area contributed by atoms with Gasteiger partial charge in [-0.2, -0.15) is 0 Å². The van der Waals surface area contributed by atoms with Crippen LogP contribution in [-0.2, 0) is 0 Å². The molecule has 2 aliphatic rings. The summed E-state index contributed by atoms with van der Waals surface area (Å²) >= 11 is 0. The molecule has 4 nitrogen and oxygen atoms in total. The Labute approximate surface area is 117 Å². The lowest BCUT2D eigenvalue weighted by Gasteiger charge is -2.46. The van der Waals surface area contributed by atoms with Crippen molar-refractivity contribution in [3.63, 3.8) is 0 Å². The van der Waals surface area contributed by atoms with Crippen LogP contribution in [0.2, 0.25) is 0 Å². The van der Waals surface area contributed by atoms with Crippen molar-refractivity contribution >= 4 is 0 Å². The second kappa shape index (κ2) is 5.68. The van der Waals surface area contributed by atoms with Gasteiger partial charge in [0.05, 0.1) is 6.61 Å². The van der Waals surface area contributed by atoms with Crippen LogP contribution >= 0.6 is 0 Å². The lowest BCUT2D eigenvalue weighted by Crippen LogP contribution is -2.58. The van der Waals surface area contributed by atoms with Crippen LogP contribution < -0.4 is 5.73 Å². The van der Waals surface area contributed by atoms with Gasteiger partial charge < -0.3 is 15.7 Å². The summed E-state index contributed by atoms with van der Waals surface area (Å²) in [6.45, 7) is 9.33. The molecule has 112 valence electrons. The van der Waals surface area contributed by atoms with Crippen molar-refractivity contribution < 1.29 is 5.11 Å². The number of nitrogens with two attached hydrogens (primary N) is 1. The van der Waals surface area contributed by atoms with Crippen LogP contribution in [0, 0.1) is 5.92 Å². The fourth-order valence-electron chi connectivity index (χ4n) is 3.68. The first-order valence-corrected chi connectivity index (χ1v) is 7.71. The molecule has 2 atom stereocenters. The van der Waals surface area contributed by atoms with E-state index in [2.05, 4.69) is 30.7 Å². The summed E-state index contributed by atoms with van der Waals surface area (Å²) in [5, 5.41) is 9.51. The van der Waals surface area contributed by atoms with Crippen LogP contribution in [0.25, 0.3) is 0 Å². The van der Waals surface area contributed by atoms with Crippen LogP contribution in [0.1, 0.15) is 39.5 Å². The average molecular weight is 269 g/mol. The highest BCUT2D eigenvalue weighted by molar-refractivity contribution is 4.97. The van der Waals surface area contributed by atoms with Gasteiger partial charge >= 0.3 is 0 Å². The Morgan fingerprint density at radius 2 is 2.05 bits per heavy atom. The van der Waals surface area contributed by atoms with Crippen LogP contribution in [0.5, 0.6) is 0 Å². The maximum atomic E-state index is 9.51. The Morgan fingerprint density at radius 3 is 2.68 bits per heavy atom. The standard InChI is InChI=1S/C15H31N3O/c1-14(2)11-18(10-9-17(14)3)8-6-13-5-4-7-15(13,16)12-19/h13,19H,4-12,16H2,1-3H3. The quantitative estimate of drug-likeness (QED) is 0.796. The van der Waals surface area contributed by atoms with Crippen molar-refractivity contribution in [1.82, 2.24) is 9.80 Å². The molecule has 0 spiro atoms. The van der Waals surface area contributed by atoms with Gasteiger partial charge in [0, 0.05) is 30.7 Å². The highest BCUT2D eigenvalue weighted by atomic mass is 16.3. The normalized spacial score (nSPS) is 36.8. The first-order chi connectivity index (χ1) is 8.87. The van der Waals surface area contributed by atoms with Gasteiger partial charge in [-0.3, -0.25) is 4.90 Å². The van der Waals surface area contributed by atoms with Gasteiger partial charge in [-0.1, -0.05) is 6.42 Å². The Kier molecular flexibility index (Phi) is 4.56. The number of piperazine rings is 1. The van der Waals surface area contributed by atoms with E-state index in [4.69, 9.17) is 5.73 Å². The average Bonchev–Trinajstić information content (AvgIpc) is 2.73. The molecule has 1 aliphatic heterocycles. The van der Waals surface area contributed by atoms with Crippen molar-refractivity contribution in [1.29, 1.82) is 0 Å². The fraction of sp³-hybridized carbons (Fsp3) is 1.00. The van der Waals surface area contributed by atoms with Gasteiger partial charge in [0.15, 0.2) is 0 Å². The van der Waals surface area contributed by atoms with E-state index in [1.165, 1.54) is 12.8 Å². The molecule has 2 fully saturated rings. The summed E-state index contributed by atoms with van der Waals surface area (Å²) in [5.74, 6) is 0.500. The van der Waals surface area contributed by atoms with E-state index in [9.17, 15) is 5.11 Å². The molecule has 0 aromatic carbocycles. The minimum Gasteiger partial charge on any atom is -0.394 e. The number of nitrogens with zero attached hydrogens (tertiary/aromatic N) is 2. The summed E-state index contributed by atoms with van der Waals surface area (Å²) in [7, 11) is 2.21. The van der Waals surface area contributed by atoms with Gasteiger partial charge in [0.1, 0.15) is 0 Å². The molecule has 4 heteroatoms. The predicted molar refractivity (Wildman–Crippen MR) is 79.1 cm³/mol. The number of aliphatic hydroxyl groups is 1. The van der Waals surface area contributed by atoms with E-state index in [1.54, 1.807) is 0 Å². The zero-order valence-corrected chi connectivity index (χ0v) is 12.9. The van der Waals surface area contributed by atoms with Crippen molar-refractivity contribution in [2.24, 2.45) is 11.7 Å². The summed E-state index contributed by atoms with van der Waals surface area (Å²) in [6, 6.07) is 0. The molecule has 0 aromatic rings. The summed E-state index contributed by atoms with van der Waals surface area (Å²) in [6.07, 6.45) is 4.49. The van der Waals surface area contributed by atoms with E-state index in [-0.39, 0.29) is 17.7 Å². The molecule has 1 saturated carbocycles. The van der Waals surface area contributed by atoms with Gasteiger partial charge in [-0.05, 0) is 52.6 Å². The van der Waals surface area contributed by atoms with Crippen LogP contribution in [-0.4, -0.2) is 65.8 Å². The van der Waals surface area contributed by atoms with E-state index in [1.807, 2.05) is 0 Å². The third-order valence-electron chi connectivity index (χ3n) is 5.49. The van der Waals surface area contributed by atoms with Gasteiger partial charge in [0.25, 0.3) is 0 Å². The maximum Gasteiger partial charge on any atom is 0.0613 e. The number of hydrogen-bond acceptors (Lipinski definition) is 4. The molecule has 0 bridgehead atoms. The summed E-state index contributed by atoms with van der Waals surface area (Å²) in [5.41, 5.74) is 6.28. The summed E-state index contributed by atoms with van der Waals surface area (Å²) in [4.78, 5) is 5.01. The van der Waals surface area contributed by atoms with Crippen molar-refractivity contribution in [2.75, 3.05) is 39.8 Å². The number of likely N-dealkylation sites (N-methyl/N-ethyl adjacent to an activating group) is 1. The molecular weight excluding hydrogens is 238 g/mol. The van der Waals surface area contributed by atoms with Crippen LogP contribution in [0.4, 0.5) is 0 Å². The number of rotatable bonds is 4. The number of hydrogen-bond donors (Lipinski definition) is 2. The molecule has 1 heterocycles. The first kappa shape index (κ1) is 15.2. The van der Waals surface area contributed by atoms with Crippen LogP contribution in [0.15, 0.2) is 0 Å². The molecule has 0 radical (unpaired) electrons. The van der Waals surface area contributed by atoms with E-state index < -0.39 is 0 Å².